The molecule has 12 heteroatoms. The number of hydrogen-bond donors (Lipinski definition) is 3. The molecule has 0 radical (unpaired) electrons. The number of rotatable bonds is 26. The number of anilines is 2. The smallest absolute Gasteiger partial charge is 0.220 e. The summed E-state index contributed by atoms with van der Waals surface area (Å²) in [4.78, 5) is 39.6. The zero-order chi connectivity index (χ0) is 36.8. The molecule has 0 saturated carbocycles. The number of ether oxygens (including phenoxy) is 3. The van der Waals surface area contributed by atoms with Crippen molar-refractivity contribution in [3.63, 3.8) is 0 Å². The van der Waals surface area contributed by atoms with E-state index in [-0.39, 0.29) is 17.7 Å². The average molecular weight is 710 g/mol. The molecule has 0 bridgehead atoms. The molecule has 0 aliphatic carbocycles. The quantitative estimate of drug-likeness (QED) is 0.0651. The Morgan fingerprint density at radius 1 is 0.569 bits per heavy atom. The molecule has 12 nitrogen and oxygen atoms in total. The minimum atomic E-state index is -0.0520. The zero-order valence-corrected chi connectivity index (χ0v) is 31.6. The van der Waals surface area contributed by atoms with Gasteiger partial charge in [0.05, 0.1) is 26.4 Å². The molecule has 1 aromatic heterocycles. The third-order valence-electron chi connectivity index (χ3n) is 8.64. The maximum Gasteiger partial charge on any atom is 0.220 e. The predicted octanol–water partition coefficient (Wildman–Crippen LogP) is 3.95. The lowest BCUT2D eigenvalue weighted by Crippen LogP contribution is -2.36. The number of fused-ring (bicyclic) bond motifs is 2. The second-order valence-electron chi connectivity index (χ2n) is 13.2. The van der Waals surface area contributed by atoms with Crippen LogP contribution in [-0.2, 0) is 35.1 Å². The van der Waals surface area contributed by atoms with E-state index < -0.39 is 0 Å². The molecule has 3 amide bonds. The van der Waals surface area contributed by atoms with Gasteiger partial charge in [-0.1, -0.05) is 0 Å². The monoisotopic (exact) mass is 709 g/mol. The zero-order valence-electron chi connectivity index (χ0n) is 31.6. The van der Waals surface area contributed by atoms with Crippen molar-refractivity contribution in [3.05, 3.63) is 42.5 Å². The standard InChI is InChI=1S/C39H60N6O6/c1-40-37(46)13-9-14-39(48)42-20-11-23-50-25-27-51-26-24-49-22-10-19-41-38(47)12-7-6-8-21-45-35-29-33(43(2)3)17-15-31(35)28-32-16-18-34(44(4)5)30-36(32)45/h15-18,28-30H,6-14,19-27H2,1-5H3,(H2-,40,41,42,46,47,48)/p+1. The van der Waals surface area contributed by atoms with Gasteiger partial charge in [0.15, 0.2) is 0 Å². The van der Waals surface area contributed by atoms with Crippen molar-refractivity contribution >= 4 is 50.9 Å². The fraction of sp³-hybridized carbons (Fsp3) is 0.590. The number of carbonyl (C=O) groups is 3. The second-order valence-corrected chi connectivity index (χ2v) is 13.2. The fourth-order valence-corrected chi connectivity index (χ4v) is 5.66. The molecule has 0 saturated heterocycles. The summed E-state index contributed by atoms with van der Waals surface area (Å²) in [5, 5.41) is 10.8. The predicted molar refractivity (Wildman–Crippen MR) is 204 cm³/mol. The van der Waals surface area contributed by atoms with Gasteiger partial charge in [-0.15, -0.1) is 0 Å². The number of aromatic nitrogens is 1. The summed E-state index contributed by atoms with van der Waals surface area (Å²) in [6.07, 6.45) is 6.10. The van der Waals surface area contributed by atoms with Crippen molar-refractivity contribution in [3.8, 4) is 0 Å². The van der Waals surface area contributed by atoms with Crippen molar-refractivity contribution in [2.45, 2.75) is 64.3 Å². The summed E-state index contributed by atoms with van der Waals surface area (Å²) in [5.74, 6) is -0.00706. The minimum absolute atomic E-state index is 0.0459. The number of benzene rings is 2. The first kappa shape index (κ1) is 41.4. The highest BCUT2D eigenvalue weighted by Crippen LogP contribution is 2.25. The number of hydrogen-bond acceptors (Lipinski definition) is 8. The number of carbonyl (C=O) groups excluding carboxylic acids is 3. The Morgan fingerprint density at radius 3 is 1.53 bits per heavy atom. The summed E-state index contributed by atoms with van der Waals surface area (Å²) >= 11 is 0. The van der Waals surface area contributed by atoms with Crippen LogP contribution in [0.15, 0.2) is 42.5 Å². The average Bonchev–Trinajstić information content (AvgIpc) is 3.12. The molecule has 3 rings (SSSR count). The summed E-state index contributed by atoms with van der Waals surface area (Å²) < 4.78 is 19.1. The van der Waals surface area contributed by atoms with Crippen molar-refractivity contribution in [1.29, 1.82) is 0 Å². The molecule has 0 fully saturated rings. The highest BCUT2D eigenvalue weighted by Gasteiger charge is 2.17. The van der Waals surface area contributed by atoms with Crippen molar-refractivity contribution in [1.82, 2.24) is 16.0 Å². The first-order valence-corrected chi connectivity index (χ1v) is 18.4. The molecule has 0 unspecified atom stereocenters. The summed E-state index contributed by atoms with van der Waals surface area (Å²) in [6, 6.07) is 15.6. The third kappa shape index (κ3) is 15.4. The first-order valence-electron chi connectivity index (χ1n) is 18.4. The van der Waals surface area contributed by atoms with Crippen LogP contribution < -0.4 is 30.3 Å². The van der Waals surface area contributed by atoms with Gasteiger partial charge in [-0.2, -0.15) is 4.57 Å². The van der Waals surface area contributed by atoms with Gasteiger partial charge >= 0.3 is 0 Å². The van der Waals surface area contributed by atoms with Crippen molar-refractivity contribution in [2.24, 2.45) is 0 Å². The fourth-order valence-electron chi connectivity index (χ4n) is 5.66. The molecule has 1 heterocycles. The van der Waals surface area contributed by atoms with Crippen molar-refractivity contribution < 1.29 is 33.2 Å². The molecule has 3 N–H and O–H groups in total. The number of aryl methyl sites for hydroxylation is 1. The number of pyridine rings is 1. The van der Waals surface area contributed by atoms with E-state index in [1.807, 2.05) is 0 Å². The Morgan fingerprint density at radius 2 is 1.04 bits per heavy atom. The number of unbranched alkanes of at least 4 members (excludes halogenated alkanes) is 2. The number of nitrogens with zero attached hydrogens (tertiary/aromatic N) is 3. The van der Waals surface area contributed by atoms with Gasteiger partial charge in [0.1, 0.15) is 6.54 Å². The Balaban J connectivity index is 1.20. The Labute approximate surface area is 304 Å². The Bertz CT molecular complexity index is 1450. The second kappa shape index (κ2) is 23.5. The van der Waals surface area contributed by atoms with Crippen LogP contribution in [0.4, 0.5) is 11.4 Å². The lowest BCUT2D eigenvalue weighted by atomic mass is 10.1. The highest BCUT2D eigenvalue weighted by atomic mass is 16.5. The topological polar surface area (TPSA) is 125 Å². The molecule has 0 aliphatic heterocycles. The number of nitrogens with one attached hydrogen (secondary N) is 3. The van der Waals surface area contributed by atoms with E-state index in [2.05, 4.69) is 101 Å². The lowest BCUT2D eigenvalue weighted by Gasteiger charge is -2.15. The van der Waals surface area contributed by atoms with Gasteiger partial charge in [-0.25, -0.2) is 0 Å². The van der Waals surface area contributed by atoms with Crippen LogP contribution in [0.5, 0.6) is 0 Å². The van der Waals surface area contributed by atoms with Gasteiger partial charge in [0.2, 0.25) is 28.8 Å². The van der Waals surface area contributed by atoms with Gasteiger partial charge in [-0.05, 0) is 62.4 Å². The molecular formula is C39H61N6O6+. The summed E-state index contributed by atoms with van der Waals surface area (Å²) in [5.41, 5.74) is 4.81. The van der Waals surface area contributed by atoms with Gasteiger partial charge in [-0.3, -0.25) is 14.4 Å². The maximum absolute atomic E-state index is 12.4. The van der Waals surface area contributed by atoms with E-state index in [9.17, 15) is 14.4 Å². The van der Waals surface area contributed by atoms with Crippen LogP contribution in [0.1, 0.15) is 57.8 Å². The maximum atomic E-state index is 12.4. The number of amides is 3. The molecule has 51 heavy (non-hydrogen) atoms. The van der Waals surface area contributed by atoms with E-state index in [0.29, 0.717) is 78.4 Å². The summed E-state index contributed by atoms with van der Waals surface area (Å²) in [7, 11) is 9.88. The molecule has 0 atom stereocenters. The largest absolute Gasteiger partial charge is 0.379 e. The molecule has 0 aliphatic rings. The molecule has 2 aromatic carbocycles. The first-order chi connectivity index (χ1) is 24.7. The van der Waals surface area contributed by atoms with E-state index in [1.54, 1.807) is 7.05 Å². The summed E-state index contributed by atoms with van der Waals surface area (Å²) in [6.45, 7) is 5.11. The van der Waals surface area contributed by atoms with E-state index >= 15 is 0 Å². The third-order valence-corrected chi connectivity index (χ3v) is 8.64. The van der Waals surface area contributed by atoms with Crippen molar-refractivity contribution in [2.75, 3.05) is 97.8 Å². The highest BCUT2D eigenvalue weighted by molar-refractivity contribution is 5.91. The molecular weight excluding hydrogens is 648 g/mol. The Hall–Kier alpha value is -4.00. The SMILES string of the molecule is CNC(=O)CCCC(=O)NCCCOCCOCCOCCCNC(=O)CCCCC[n+]1c2cc(N(C)C)ccc2cc2ccc(N(C)C)cc21. The van der Waals surface area contributed by atoms with E-state index in [1.165, 1.54) is 33.2 Å². The van der Waals surface area contributed by atoms with E-state index in [0.717, 1.165) is 38.6 Å². The molecule has 3 aromatic rings. The Kier molecular flexibility index (Phi) is 19.1. The van der Waals surface area contributed by atoms with Crippen LogP contribution in [0.3, 0.4) is 0 Å². The van der Waals surface area contributed by atoms with Gasteiger partial charge in [0.25, 0.3) is 0 Å². The normalized spacial score (nSPS) is 11.2. The van der Waals surface area contributed by atoms with E-state index in [4.69, 9.17) is 14.2 Å². The minimum Gasteiger partial charge on any atom is -0.379 e. The lowest BCUT2D eigenvalue weighted by molar-refractivity contribution is -0.645. The van der Waals surface area contributed by atoms with Crippen LogP contribution in [0.25, 0.3) is 21.8 Å². The van der Waals surface area contributed by atoms with Crippen LogP contribution in [0.2, 0.25) is 0 Å². The van der Waals surface area contributed by atoms with Crippen LogP contribution in [-0.4, -0.2) is 106 Å². The van der Waals surface area contributed by atoms with Crippen LogP contribution >= 0.6 is 0 Å². The molecule has 282 valence electrons. The van der Waals surface area contributed by atoms with Gasteiger partial charge < -0.3 is 40.0 Å². The van der Waals surface area contributed by atoms with Gasteiger partial charge in [0, 0.05) is 122 Å². The van der Waals surface area contributed by atoms with Crippen LogP contribution in [0, 0.1) is 0 Å². The molecule has 0 spiro atoms.